The van der Waals surface area contributed by atoms with Crippen LogP contribution in [-0.2, 0) is 16.0 Å². The van der Waals surface area contributed by atoms with Crippen molar-refractivity contribution in [3.05, 3.63) is 59.3 Å². The van der Waals surface area contributed by atoms with Crippen LogP contribution >= 0.6 is 0 Å². The van der Waals surface area contributed by atoms with Crippen molar-refractivity contribution in [3.8, 4) is 11.5 Å². The molecule has 1 N–H and O–H groups in total. The van der Waals surface area contributed by atoms with Crippen molar-refractivity contribution >= 4 is 22.6 Å². The summed E-state index contributed by atoms with van der Waals surface area (Å²) >= 11 is 0. The monoisotopic (exact) mass is 362 g/mol. The highest BCUT2D eigenvalue weighted by atomic mass is 16.7. The summed E-state index contributed by atoms with van der Waals surface area (Å²) in [6.45, 7) is 2.36. The molecule has 136 valence electrons. The Morgan fingerprint density at radius 2 is 2.07 bits per heavy atom. The van der Waals surface area contributed by atoms with E-state index in [9.17, 15) is 4.79 Å². The number of aromatic nitrogens is 1. The average Bonchev–Trinajstić information content (AvgIpc) is 3.31. The summed E-state index contributed by atoms with van der Waals surface area (Å²) < 4.78 is 16.2. The fourth-order valence-electron chi connectivity index (χ4n) is 3.71. The lowest BCUT2D eigenvalue weighted by Crippen LogP contribution is -2.30. The molecule has 1 aromatic heterocycles. The number of benzene rings is 2. The van der Waals surface area contributed by atoms with E-state index in [0.717, 1.165) is 33.4 Å². The molecule has 0 saturated heterocycles. The number of hydrogen-bond acceptors (Lipinski definition) is 5. The van der Waals surface area contributed by atoms with Gasteiger partial charge in [-0.25, -0.2) is 4.79 Å². The third-order valence-electron chi connectivity index (χ3n) is 4.94. The van der Waals surface area contributed by atoms with E-state index in [1.165, 1.54) is 0 Å². The topological polar surface area (TPSA) is 72.9 Å². The van der Waals surface area contributed by atoms with Crippen LogP contribution in [0.2, 0.25) is 0 Å². The van der Waals surface area contributed by atoms with Crippen LogP contribution in [0.3, 0.4) is 0 Å². The third kappa shape index (κ3) is 2.56. The molecule has 27 heavy (non-hydrogen) atoms. The molecule has 1 unspecified atom stereocenters. The average molecular weight is 362 g/mol. The van der Waals surface area contributed by atoms with Gasteiger partial charge in [0, 0.05) is 22.9 Å². The summed E-state index contributed by atoms with van der Waals surface area (Å²) in [5.74, 6) is 1.10. The van der Waals surface area contributed by atoms with Crippen LogP contribution < -0.4 is 9.47 Å². The van der Waals surface area contributed by atoms with E-state index < -0.39 is 6.04 Å². The minimum atomic E-state index is -0.558. The fraction of sp³-hybridized carbons (Fsp3) is 0.238. The van der Waals surface area contributed by atoms with E-state index >= 15 is 0 Å². The van der Waals surface area contributed by atoms with Gasteiger partial charge in [0.25, 0.3) is 0 Å². The van der Waals surface area contributed by atoms with Gasteiger partial charge in [-0.3, -0.25) is 4.99 Å². The lowest BCUT2D eigenvalue weighted by molar-refractivity contribution is -0.144. The lowest BCUT2D eigenvalue weighted by Gasteiger charge is -2.20. The zero-order valence-corrected chi connectivity index (χ0v) is 14.8. The SMILES string of the molecule is CCOC(=O)C1Cc2c([nH]c3ccccc23)C(c2ccc3c(c2)OCO3)=N1. The van der Waals surface area contributed by atoms with Crippen LogP contribution in [0.25, 0.3) is 10.9 Å². The number of ether oxygens (including phenoxy) is 3. The Kier molecular flexibility index (Phi) is 3.63. The van der Waals surface area contributed by atoms with Crippen molar-refractivity contribution in [2.75, 3.05) is 13.4 Å². The quantitative estimate of drug-likeness (QED) is 0.726. The Morgan fingerprint density at radius 3 is 2.96 bits per heavy atom. The molecule has 0 aliphatic carbocycles. The zero-order valence-electron chi connectivity index (χ0n) is 14.8. The molecule has 1 atom stereocenters. The van der Waals surface area contributed by atoms with E-state index in [-0.39, 0.29) is 12.8 Å². The first-order chi connectivity index (χ1) is 13.2. The minimum absolute atomic E-state index is 0.217. The second kappa shape index (κ2) is 6.16. The van der Waals surface area contributed by atoms with Crippen LogP contribution in [0.15, 0.2) is 47.5 Å². The van der Waals surface area contributed by atoms with Gasteiger partial charge in [0.1, 0.15) is 0 Å². The second-order valence-corrected chi connectivity index (χ2v) is 6.54. The maximum Gasteiger partial charge on any atom is 0.331 e. The highest BCUT2D eigenvalue weighted by Crippen LogP contribution is 2.36. The third-order valence-corrected chi connectivity index (χ3v) is 4.94. The first kappa shape index (κ1) is 15.9. The molecular formula is C21H18N2O4. The van der Waals surface area contributed by atoms with Crippen molar-refractivity contribution in [3.63, 3.8) is 0 Å². The van der Waals surface area contributed by atoms with E-state index in [1.807, 2.05) is 36.4 Å². The summed E-state index contributed by atoms with van der Waals surface area (Å²) in [7, 11) is 0. The Bertz CT molecular complexity index is 1080. The fourth-order valence-corrected chi connectivity index (χ4v) is 3.71. The van der Waals surface area contributed by atoms with Gasteiger partial charge >= 0.3 is 5.97 Å². The molecule has 2 aliphatic heterocycles. The predicted molar refractivity (Wildman–Crippen MR) is 101 cm³/mol. The highest BCUT2D eigenvalue weighted by molar-refractivity contribution is 6.17. The van der Waals surface area contributed by atoms with Gasteiger partial charge in [0.15, 0.2) is 17.5 Å². The van der Waals surface area contributed by atoms with Gasteiger partial charge in [-0.1, -0.05) is 18.2 Å². The summed E-state index contributed by atoms with van der Waals surface area (Å²) in [6, 6.07) is 13.2. The van der Waals surface area contributed by atoms with Gasteiger partial charge in [0.2, 0.25) is 6.79 Å². The molecule has 6 nitrogen and oxygen atoms in total. The number of fused-ring (bicyclic) bond motifs is 4. The number of hydrogen-bond donors (Lipinski definition) is 1. The highest BCUT2D eigenvalue weighted by Gasteiger charge is 2.31. The molecule has 6 heteroatoms. The van der Waals surface area contributed by atoms with E-state index in [2.05, 4.69) is 11.1 Å². The van der Waals surface area contributed by atoms with E-state index in [0.29, 0.717) is 24.5 Å². The van der Waals surface area contributed by atoms with Crippen molar-refractivity contribution in [2.45, 2.75) is 19.4 Å². The summed E-state index contributed by atoms with van der Waals surface area (Å²) in [5, 5.41) is 1.11. The zero-order chi connectivity index (χ0) is 18.4. The van der Waals surface area contributed by atoms with Gasteiger partial charge in [-0.05, 0) is 36.8 Å². The molecule has 3 heterocycles. The molecule has 0 fully saturated rings. The number of rotatable bonds is 3. The van der Waals surface area contributed by atoms with Crippen LogP contribution in [0.1, 0.15) is 23.7 Å². The number of aliphatic imine (C=N–C) groups is 1. The Labute approximate surface area is 155 Å². The largest absolute Gasteiger partial charge is 0.464 e. The number of aromatic amines is 1. The van der Waals surface area contributed by atoms with E-state index in [4.69, 9.17) is 19.2 Å². The van der Waals surface area contributed by atoms with Crippen LogP contribution in [-0.4, -0.2) is 36.1 Å². The number of H-pyrrole nitrogens is 1. The Balaban J connectivity index is 1.67. The maximum atomic E-state index is 12.4. The molecule has 2 aliphatic rings. The lowest BCUT2D eigenvalue weighted by atomic mass is 9.94. The van der Waals surface area contributed by atoms with Gasteiger partial charge < -0.3 is 19.2 Å². The molecule has 2 aromatic carbocycles. The number of nitrogens with one attached hydrogen (secondary N) is 1. The van der Waals surface area contributed by atoms with Crippen molar-refractivity contribution in [1.82, 2.24) is 4.98 Å². The van der Waals surface area contributed by atoms with Gasteiger partial charge in [0.05, 0.1) is 18.0 Å². The Morgan fingerprint density at radius 1 is 1.22 bits per heavy atom. The second-order valence-electron chi connectivity index (χ2n) is 6.54. The predicted octanol–water partition coefficient (Wildman–Crippen LogP) is 3.22. The van der Waals surface area contributed by atoms with E-state index in [1.54, 1.807) is 6.92 Å². The molecule has 0 saturated carbocycles. The maximum absolute atomic E-state index is 12.4. The molecule has 0 radical (unpaired) electrons. The van der Waals surface area contributed by atoms with Crippen LogP contribution in [0.4, 0.5) is 0 Å². The summed E-state index contributed by atoms with van der Waals surface area (Å²) in [4.78, 5) is 20.7. The Hall–Kier alpha value is -3.28. The summed E-state index contributed by atoms with van der Waals surface area (Å²) in [5.41, 5.74) is 4.67. The minimum Gasteiger partial charge on any atom is -0.464 e. The van der Waals surface area contributed by atoms with Crippen LogP contribution in [0.5, 0.6) is 11.5 Å². The first-order valence-corrected chi connectivity index (χ1v) is 8.99. The number of esters is 1. The molecule has 0 bridgehead atoms. The molecule has 0 amide bonds. The van der Waals surface area contributed by atoms with Crippen molar-refractivity contribution < 1.29 is 19.0 Å². The number of para-hydroxylation sites is 1. The first-order valence-electron chi connectivity index (χ1n) is 8.99. The van der Waals surface area contributed by atoms with Crippen LogP contribution in [0, 0.1) is 0 Å². The smallest absolute Gasteiger partial charge is 0.331 e. The normalized spacial score (nSPS) is 17.5. The van der Waals surface area contributed by atoms with Gasteiger partial charge in [-0.15, -0.1) is 0 Å². The summed E-state index contributed by atoms with van der Waals surface area (Å²) in [6.07, 6.45) is 0.520. The number of carbonyl (C=O) groups is 1. The molecule has 3 aromatic rings. The molecule has 0 spiro atoms. The number of nitrogens with zero attached hydrogens (tertiary/aromatic N) is 1. The standard InChI is InChI=1S/C21H18N2O4/c1-2-25-21(24)16-10-14-13-5-3-4-6-15(13)22-20(14)19(23-16)12-7-8-17-18(9-12)27-11-26-17/h3-9,16,22H,2,10-11H2,1H3. The van der Waals surface area contributed by atoms with Crippen molar-refractivity contribution in [1.29, 1.82) is 0 Å². The molecule has 5 rings (SSSR count). The molecular weight excluding hydrogens is 344 g/mol. The number of carbonyl (C=O) groups excluding carboxylic acids is 1. The van der Waals surface area contributed by atoms with Gasteiger partial charge in [-0.2, -0.15) is 0 Å². The van der Waals surface area contributed by atoms with Crippen molar-refractivity contribution in [2.24, 2.45) is 4.99 Å².